The largest absolute Gasteiger partial charge is 0.351 e. The molecule has 174 valence electrons. The fourth-order valence-electron chi connectivity index (χ4n) is 6.20. The number of nitrogens with zero attached hydrogens (tertiary/aromatic N) is 5. The number of anilines is 3. The van der Waals surface area contributed by atoms with Gasteiger partial charge in [-0.1, -0.05) is 0 Å². The standard InChI is InChI=1S/C23H30N8OS/c1-13-8-18(29-28-13)25-20-17-5-7-33-21(17)27-22(26-20)24-14-9-15-4-6-23(12-19(32)30(2)3)11-16(10-14)31(15)23/h5,7-8,14-16H,4,6,9-12H2,1-3H3,(H3,24,25,26,27,28,29). The molecule has 0 saturated carbocycles. The summed E-state index contributed by atoms with van der Waals surface area (Å²) in [6, 6.07) is 5.45. The molecule has 10 heteroatoms. The van der Waals surface area contributed by atoms with Crippen LogP contribution in [0.15, 0.2) is 17.5 Å². The minimum atomic E-state index is 0.104. The highest BCUT2D eigenvalue weighted by atomic mass is 32.1. The van der Waals surface area contributed by atoms with Crippen molar-refractivity contribution >= 4 is 45.0 Å². The second-order valence-electron chi connectivity index (χ2n) is 10.1. The van der Waals surface area contributed by atoms with Crippen molar-refractivity contribution in [3.05, 3.63) is 23.2 Å². The summed E-state index contributed by atoms with van der Waals surface area (Å²) in [7, 11) is 3.72. The normalized spacial score (nSPS) is 28.4. The maximum atomic E-state index is 12.4. The monoisotopic (exact) mass is 466 g/mol. The first-order chi connectivity index (χ1) is 15.9. The lowest BCUT2D eigenvalue weighted by Gasteiger charge is -2.60. The first kappa shape index (κ1) is 20.9. The first-order valence-electron chi connectivity index (χ1n) is 11.7. The van der Waals surface area contributed by atoms with Crippen molar-refractivity contribution in [2.45, 2.75) is 69.1 Å². The highest BCUT2D eigenvalue weighted by Crippen LogP contribution is 2.55. The zero-order valence-electron chi connectivity index (χ0n) is 19.3. The predicted molar refractivity (Wildman–Crippen MR) is 130 cm³/mol. The van der Waals surface area contributed by atoms with Gasteiger partial charge >= 0.3 is 0 Å². The topological polar surface area (TPSA) is 102 Å². The number of hydrogen-bond acceptors (Lipinski definition) is 8. The van der Waals surface area contributed by atoms with Crippen LogP contribution < -0.4 is 10.6 Å². The molecule has 6 heterocycles. The summed E-state index contributed by atoms with van der Waals surface area (Å²) in [4.78, 5) is 27.4. The van der Waals surface area contributed by atoms with Crippen molar-refractivity contribution in [3.8, 4) is 0 Å². The molecule has 3 aromatic rings. The van der Waals surface area contributed by atoms with Crippen LogP contribution >= 0.6 is 11.3 Å². The minimum absolute atomic E-state index is 0.104. The summed E-state index contributed by atoms with van der Waals surface area (Å²) in [5, 5.41) is 17.3. The van der Waals surface area contributed by atoms with E-state index in [2.05, 4.69) is 25.7 Å². The number of thiophene rings is 1. The number of hydrogen-bond donors (Lipinski definition) is 3. The van der Waals surface area contributed by atoms with Crippen LogP contribution in [0.5, 0.6) is 0 Å². The van der Waals surface area contributed by atoms with Crippen molar-refractivity contribution in [2.75, 3.05) is 24.7 Å². The van der Waals surface area contributed by atoms with Gasteiger partial charge in [0.15, 0.2) is 5.82 Å². The van der Waals surface area contributed by atoms with Crippen LogP contribution in [0.4, 0.5) is 17.6 Å². The van der Waals surface area contributed by atoms with E-state index >= 15 is 0 Å². The number of aryl methyl sites for hydroxylation is 1. The molecule has 3 saturated heterocycles. The second kappa shape index (κ2) is 7.66. The minimum Gasteiger partial charge on any atom is -0.351 e. The van der Waals surface area contributed by atoms with E-state index in [1.807, 2.05) is 38.5 Å². The molecule has 3 aromatic heterocycles. The van der Waals surface area contributed by atoms with Crippen molar-refractivity contribution in [3.63, 3.8) is 0 Å². The molecule has 0 radical (unpaired) electrons. The Labute approximate surface area is 197 Å². The Balaban J connectivity index is 1.18. The van der Waals surface area contributed by atoms with Gasteiger partial charge in [-0.2, -0.15) is 10.1 Å². The molecule has 9 nitrogen and oxygen atoms in total. The SMILES string of the molecule is Cc1cc(Nc2nc(NC3CC4CCC5(CC(=O)N(C)C)CC(C3)N45)nc3sccc23)n[nH]1. The van der Waals surface area contributed by atoms with E-state index in [0.29, 0.717) is 30.5 Å². The summed E-state index contributed by atoms with van der Waals surface area (Å²) < 4.78 is 0. The zero-order chi connectivity index (χ0) is 22.7. The van der Waals surface area contributed by atoms with Gasteiger partial charge in [0.25, 0.3) is 0 Å². The highest BCUT2D eigenvalue weighted by Gasteiger charge is 2.61. The number of carbonyl (C=O) groups excluding carboxylic acids is 1. The number of rotatable bonds is 6. The Kier molecular flexibility index (Phi) is 4.84. The Morgan fingerprint density at radius 2 is 2.18 bits per heavy atom. The van der Waals surface area contributed by atoms with Crippen LogP contribution in [0.3, 0.4) is 0 Å². The van der Waals surface area contributed by atoms with Crippen molar-refractivity contribution < 1.29 is 4.79 Å². The summed E-state index contributed by atoms with van der Waals surface area (Å²) in [6.07, 6.45) is 6.23. The van der Waals surface area contributed by atoms with Gasteiger partial charge in [-0.15, -0.1) is 11.3 Å². The molecule has 3 aliphatic rings. The average Bonchev–Trinajstić information content (AvgIpc) is 3.46. The van der Waals surface area contributed by atoms with Gasteiger partial charge < -0.3 is 15.5 Å². The zero-order valence-corrected chi connectivity index (χ0v) is 20.1. The van der Waals surface area contributed by atoms with Crippen LogP contribution in [-0.2, 0) is 4.79 Å². The molecule has 3 N–H and O–H groups in total. The van der Waals surface area contributed by atoms with E-state index in [4.69, 9.17) is 9.97 Å². The number of piperidine rings is 1. The number of H-pyrrole nitrogens is 1. The van der Waals surface area contributed by atoms with E-state index in [1.54, 1.807) is 16.2 Å². The fourth-order valence-corrected chi connectivity index (χ4v) is 6.96. The molecule has 3 aliphatic heterocycles. The molecule has 0 aromatic carbocycles. The third-order valence-corrected chi connectivity index (χ3v) is 8.40. The van der Waals surface area contributed by atoms with Gasteiger partial charge in [0.05, 0.1) is 5.39 Å². The van der Waals surface area contributed by atoms with Crippen LogP contribution in [0.25, 0.3) is 10.2 Å². The lowest BCUT2D eigenvalue weighted by Crippen LogP contribution is -2.69. The van der Waals surface area contributed by atoms with Gasteiger partial charge in [0.1, 0.15) is 10.6 Å². The van der Waals surface area contributed by atoms with E-state index in [9.17, 15) is 4.79 Å². The smallest absolute Gasteiger partial charge is 0.226 e. The molecule has 6 rings (SSSR count). The summed E-state index contributed by atoms with van der Waals surface area (Å²) in [6.45, 7) is 1.98. The van der Waals surface area contributed by atoms with Crippen molar-refractivity contribution in [1.29, 1.82) is 0 Å². The molecule has 3 fully saturated rings. The van der Waals surface area contributed by atoms with Gasteiger partial charge in [-0.25, -0.2) is 4.98 Å². The van der Waals surface area contributed by atoms with Crippen LogP contribution in [-0.4, -0.2) is 73.6 Å². The van der Waals surface area contributed by atoms with Crippen LogP contribution in [0.1, 0.15) is 44.2 Å². The van der Waals surface area contributed by atoms with Crippen molar-refractivity contribution in [1.82, 2.24) is 30.0 Å². The van der Waals surface area contributed by atoms with E-state index in [0.717, 1.165) is 53.2 Å². The number of aromatic nitrogens is 4. The first-order valence-corrected chi connectivity index (χ1v) is 12.6. The summed E-state index contributed by atoms with van der Waals surface area (Å²) in [5.41, 5.74) is 1.10. The number of amides is 1. The van der Waals surface area contributed by atoms with Gasteiger partial charge in [-0.3, -0.25) is 14.8 Å². The molecule has 0 aliphatic carbocycles. The van der Waals surface area contributed by atoms with E-state index in [-0.39, 0.29) is 11.4 Å². The maximum absolute atomic E-state index is 12.4. The quantitative estimate of drug-likeness (QED) is 0.511. The van der Waals surface area contributed by atoms with E-state index < -0.39 is 0 Å². The number of carbonyl (C=O) groups is 1. The van der Waals surface area contributed by atoms with Gasteiger partial charge in [0.2, 0.25) is 11.9 Å². The number of fused-ring (bicyclic) bond motifs is 1. The third kappa shape index (κ3) is 3.56. The highest BCUT2D eigenvalue weighted by molar-refractivity contribution is 7.16. The number of aromatic amines is 1. The molecule has 0 spiro atoms. The molecular weight excluding hydrogens is 436 g/mol. The average molecular weight is 467 g/mol. The second-order valence-corrected chi connectivity index (χ2v) is 11.0. The summed E-state index contributed by atoms with van der Waals surface area (Å²) in [5.74, 6) is 2.45. The maximum Gasteiger partial charge on any atom is 0.226 e. The molecule has 33 heavy (non-hydrogen) atoms. The molecule has 4 unspecified atom stereocenters. The lowest BCUT2D eigenvalue weighted by atomic mass is 9.72. The summed E-state index contributed by atoms with van der Waals surface area (Å²) >= 11 is 1.62. The molecule has 1 amide bonds. The number of nitrogens with one attached hydrogen (secondary N) is 3. The molecular formula is C23H30N8OS. The molecule has 0 bridgehead atoms. The van der Waals surface area contributed by atoms with Crippen molar-refractivity contribution in [2.24, 2.45) is 0 Å². The predicted octanol–water partition coefficient (Wildman–Crippen LogP) is 3.49. The Bertz CT molecular complexity index is 1200. The van der Waals surface area contributed by atoms with Gasteiger partial charge in [0, 0.05) is 55.9 Å². The Hall–Kier alpha value is -2.72. The Morgan fingerprint density at radius 3 is 2.97 bits per heavy atom. The van der Waals surface area contributed by atoms with Crippen LogP contribution in [0, 0.1) is 6.92 Å². The van der Waals surface area contributed by atoms with Crippen LogP contribution in [0.2, 0.25) is 0 Å². The third-order valence-electron chi connectivity index (χ3n) is 7.60. The van der Waals surface area contributed by atoms with E-state index in [1.165, 1.54) is 6.42 Å². The van der Waals surface area contributed by atoms with Gasteiger partial charge in [-0.05, 0) is 50.5 Å². The Morgan fingerprint density at radius 1 is 1.33 bits per heavy atom. The fraction of sp³-hybridized carbons (Fsp3) is 0.565. The molecule has 4 atom stereocenters. The lowest BCUT2D eigenvalue weighted by molar-refractivity contribution is -0.141.